The predicted octanol–water partition coefficient (Wildman–Crippen LogP) is 2.15. The van der Waals surface area contributed by atoms with Crippen molar-refractivity contribution in [3.8, 4) is 5.75 Å². The first-order chi connectivity index (χ1) is 8.19. The molecule has 18 heavy (non-hydrogen) atoms. The van der Waals surface area contributed by atoms with E-state index in [1.165, 1.54) is 7.11 Å². The number of methoxy groups -OCH3 is 1. The van der Waals surface area contributed by atoms with Crippen LogP contribution in [0.1, 0.15) is 6.42 Å². The molecule has 0 unspecified atom stereocenters. The Hall–Kier alpha value is -0.780. The van der Waals surface area contributed by atoms with Gasteiger partial charge < -0.3 is 14.8 Å². The molecule has 100 valence electrons. The van der Waals surface area contributed by atoms with Crippen LogP contribution in [-0.4, -0.2) is 31.8 Å². The first-order valence-electron chi connectivity index (χ1n) is 5.42. The van der Waals surface area contributed by atoms with E-state index in [1.54, 1.807) is 0 Å². The Morgan fingerprint density at radius 1 is 1.39 bits per heavy atom. The summed E-state index contributed by atoms with van der Waals surface area (Å²) in [5.41, 5.74) is 0. The lowest BCUT2D eigenvalue weighted by molar-refractivity contribution is -0.142. The van der Waals surface area contributed by atoms with Crippen LogP contribution in [0.5, 0.6) is 5.75 Å². The number of carbonyl (C=O) groups excluding carboxylic acids is 1. The van der Waals surface area contributed by atoms with Crippen LogP contribution in [0.3, 0.4) is 0 Å². The van der Waals surface area contributed by atoms with Crippen LogP contribution in [-0.2, 0) is 9.53 Å². The van der Waals surface area contributed by atoms with E-state index in [4.69, 9.17) is 4.74 Å². The molecule has 0 radical (unpaired) electrons. The highest BCUT2D eigenvalue weighted by Crippen LogP contribution is 2.20. The largest absolute Gasteiger partial charge is 0.489 e. The van der Waals surface area contributed by atoms with Crippen molar-refractivity contribution in [2.45, 2.75) is 18.6 Å². The smallest absolute Gasteiger partial charge is 0.323 e. The minimum atomic E-state index is -0.250. The highest BCUT2D eigenvalue weighted by atomic mass is 79.9. The Labute approximate surface area is 121 Å². The molecule has 1 aliphatic heterocycles. The number of carbonyl (C=O) groups is 1. The van der Waals surface area contributed by atoms with Gasteiger partial charge in [0, 0.05) is 17.4 Å². The Bertz CT molecular complexity index is 399. The molecule has 6 heteroatoms. The van der Waals surface area contributed by atoms with E-state index >= 15 is 0 Å². The van der Waals surface area contributed by atoms with Crippen molar-refractivity contribution in [2.24, 2.45) is 0 Å². The fourth-order valence-corrected chi connectivity index (χ4v) is 2.08. The Morgan fingerprint density at radius 2 is 2.06 bits per heavy atom. The van der Waals surface area contributed by atoms with E-state index in [9.17, 15) is 4.79 Å². The second-order valence-corrected chi connectivity index (χ2v) is 4.83. The van der Waals surface area contributed by atoms with Crippen LogP contribution in [0.2, 0.25) is 0 Å². The topological polar surface area (TPSA) is 47.6 Å². The van der Waals surface area contributed by atoms with Gasteiger partial charge in [-0.05, 0) is 24.3 Å². The van der Waals surface area contributed by atoms with Crippen molar-refractivity contribution in [2.75, 3.05) is 13.7 Å². The molecule has 1 heterocycles. The third-order valence-corrected chi connectivity index (χ3v) is 3.22. The third kappa shape index (κ3) is 3.86. The average Bonchev–Trinajstić information content (AvgIpc) is 2.80. The number of esters is 1. The number of halogens is 2. The molecule has 0 saturated carbocycles. The Kier molecular flexibility index (Phi) is 5.91. The first-order valence-corrected chi connectivity index (χ1v) is 6.22. The summed E-state index contributed by atoms with van der Waals surface area (Å²) >= 11 is 3.37. The lowest BCUT2D eigenvalue weighted by atomic mass is 10.2. The van der Waals surface area contributed by atoms with Crippen LogP contribution in [0.4, 0.5) is 0 Å². The summed E-state index contributed by atoms with van der Waals surface area (Å²) < 4.78 is 11.5. The molecular formula is C12H15BrClNO3. The minimum absolute atomic E-state index is 0. The Morgan fingerprint density at radius 3 is 2.67 bits per heavy atom. The molecule has 2 atom stereocenters. The van der Waals surface area contributed by atoms with Gasteiger partial charge in [0.15, 0.2) is 0 Å². The normalized spacial score (nSPS) is 22.1. The van der Waals surface area contributed by atoms with E-state index in [1.807, 2.05) is 24.3 Å². The minimum Gasteiger partial charge on any atom is -0.489 e. The van der Waals surface area contributed by atoms with Crippen molar-refractivity contribution < 1.29 is 14.3 Å². The second-order valence-electron chi connectivity index (χ2n) is 3.91. The molecule has 0 spiro atoms. The van der Waals surface area contributed by atoms with Crippen LogP contribution in [0.15, 0.2) is 28.7 Å². The molecule has 1 aromatic rings. The molecule has 0 aromatic heterocycles. The third-order valence-electron chi connectivity index (χ3n) is 2.69. The number of hydrogen-bond acceptors (Lipinski definition) is 4. The summed E-state index contributed by atoms with van der Waals surface area (Å²) in [6, 6.07) is 7.40. The maximum atomic E-state index is 11.3. The molecular weight excluding hydrogens is 321 g/mol. The zero-order valence-electron chi connectivity index (χ0n) is 9.89. The van der Waals surface area contributed by atoms with Gasteiger partial charge in [-0.3, -0.25) is 4.79 Å². The molecule has 4 nitrogen and oxygen atoms in total. The molecule has 1 N–H and O–H groups in total. The van der Waals surface area contributed by atoms with Crippen molar-refractivity contribution in [1.29, 1.82) is 0 Å². The zero-order valence-corrected chi connectivity index (χ0v) is 12.3. The van der Waals surface area contributed by atoms with Crippen molar-refractivity contribution in [3.05, 3.63) is 28.7 Å². The quantitative estimate of drug-likeness (QED) is 0.859. The van der Waals surface area contributed by atoms with Gasteiger partial charge in [-0.15, -0.1) is 12.4 Å². The van der Waals surface area contributed by atoms with Crippen LogP contribution in [0.25, 0.3) is 0 Å². The lowest BCUT2D eigenvalue weighted by Crippen LogP contribution is -2.31. The maximum Gasteiger partial charge on any atom is 0.323 e. The summed E-state index contributed by atoms with van der Waals surface area (Å²) in [7, 11) is 1.40. The standard InChI is InChI=1S/C12H14BrNO3.ClH/c1-16-12(15)11-6-10(7-14-11)17-9-4-2-8(13)3-5-9;/h2-5,10-11,14H,6-7H2,1H3;1H/t10-,11+;/m1./s1. The highest BCUT2D eigenvalue weighted by Gasteiger charge is 2.31. The average molecular weight is 337 g/mol. The number of rotatable bonds is 3. The number of ether oxygens (including phenoxy) is 2. The van der Waals surface area contributed by atoms with E-state index in [-0.39, 0.29) is 30.5 Å². The fourth-order valence-electron chi connectivity index (χ4n) is 1.82. The van der Waals surface area contributed by atoms with Gasteiger partial charge in [-0.2, -0.15) is 0 Å². The van der Waals surface area contributed by atoms with E-state index in [0.717, 1.165) is 10.2 Å². The van der Waals surface area contributed by atoms with E-state index < -0.39 is 0 Å². The van der Waals surface area contributed by atoms with Gasteiger partial charge in [0.2, 0.25) is 0 Å². The molecule has 0 aliphatic carbocycles. The van der Waals surface area contributed by atoms with Crippen molar-refractivity contribution in [3.63, 3.8) is 0 Å². The number of hydrogen-bond donors (Lipinski definition) is 1. The van der Waals surface area contributed by atoms with Crippen LogP contribution < -0.4 is 10.1 Å². The lowest BCUT2D eigenvalue weighted by Gasteiger charge is -2.12. The van der Waals surface area contributed by atoms with Crippen LogP contribution >= 0.6 is 28.3 Å². The summed E-state index contributed by atoms with van der Waals surface area (Å²) in [6.45, 7) is 0.663. The molecule has 1 fully saturated rings. The number of nitrogens with one attached hydrogen (secondary N) is 1. The van der Waals surface area contributed by atoms with Crippen molar-refractivity contribution >= 4 is 34.3 Å². The maximum absolute atomic E-state index is 11.3. The molecule has 0 amide bonds. The fraction of sp³-hybridized carbons (Fsp3) is 0.417. The van der Waals surface area contributed by atoms with Crippen LogP contribution in [0, 0.1) is 0 Å². The Balaban J connectivity index is 0.00000162. The SMILES string of the molecule is COC(=O)[C@@H]1C[C@@H](Oc2ccc(Br)cc2)CN1.Cl. The van der Waals surface area contributed by atoms with Gasteiger partial charge in [-0.1, -0.05) is 15.9 Å². The predicted molar refractivity (Wildman–Crippen MR) is 74.2 cm³/mol. The number of benzene rings is 1. The van der Waals surface area contributed by atoms with Gasteiger partial charge in [0.1, 0.15) is 17.9 Å². The van der Waals surface area contributed by atoms with Gasteiger partial charge >= 0.3 is 5.97 Å². The summed E-state index contributed by atoms with van der Waals surface area (Å²) in [6.07, 6.45) is 0.656. The summed E-state index contributed by atoms with van der Waals surface area (Å²) in [5.74, 6) is 0.581. The molecule has 1 aliphatic rings. The molecule has 2 rings (SSSR count). The van der Waals surface area contributed by atoms with Gasteiger partial charge in [0.25, 0.3) is 0 Å². The highest BCUT2D eigenvalue weighted by molar-refractivity contribution is 9.10. The summed E-state index contributed by atoms with van der Waals surface area (Å²) in [5, 5.41) is 3.08. The zero-order chi connectivity index (χ0) is 12.3. The van der Waals surface area contributed by atoms with Gasteiger partial charge in [-0.25, -0.2) is 0 Å². The van der Waals surface area contributed by atoms with Gasteiger partial charge in [0.05, 0.1) is 7.11 Å². The van der Waals surface area contributed by atoms with E-state index in [0.29, 0.717) is 13.0 Å². The molecule has 1 aromatic carbocycles. The molecule has 0 bridgehead atoms. The monoisotopic (exact) mass is 335 g/mol. The molecule has 1 saturated heterocycles. The van der Waals surface area contributed by atoms with Crippen molar-refractivity contribution in [1.82, 2.24) is 5.32 Å². The first kappa shape index (κ1) is 15.3. The summed E-state index contributed by atoms with van der Waals surface area (Å²) in [4.78, 5) is 11.3. The van der Waals surface area contributed by atoms with E-state index in [2.05, 4.69) is 26.0 Å². The second kappa shape index (κ2) is 6.97.